The zero-order valence-corrected chi connectivity index (χ0v) is 13.1. The predicted octanol–water partition coefficient (Wildman–Crippen LogP) is 2.00. The molecule has 5 heteroatoms. The molecule has 5 nitrogen and oxygen atoms in total. The molecule has 22 heavy (non-hydrogen) atoms. The Labute approximate surface area is 130 Å². The molecule has 1 atom stereocenters. The van der Waals surface area contributed by atoms with Crippen molar-refractivity contribution in [2.24, 2.45) is 5.92 Å². The van der Waals surface area contributed by atoms with Gasteiger partial charge in [0.05, 0.1) is 5.69 Å². The summed E-state index contributed by atoms with van der Waals surface area (Å²) in [6, 6.07) is 5.45. The van der Waals surface area contributed by atoms with Crippen LogP contribution in [0.15, 0.2) is 18.2 Å². The van der Waals surface area contributed by atoms with Crippen LogP contribution in [0.1, 0.15) is 37.0 Å². The summed E-state index contributed by atoms with van der Waals surface area (Å²) in [6.07, 6.45) is 1.28. The van der Waals surface area contributed by atoms with Gasteiger partial charge in [-0.05, 0) is 58.0 Å². The van der Waals surface area contributed by atoms with Crippen LogP contribution < -0.4 is 15.0 Å². The molecule has 0 saturated carbocycles. The fourth-order valence-electron chi connectivity index (χ4n) is 3.21. The number of carbonyl (C=O) groups is 2. The Hall–Kier alpha value is -1.88. The van der Waals surface area contributed by atoms with E-state index in [4.69, 9.17) is 4.74 Å². The molecule has 0 spiro atoms. The van der Waals surface area contributed by atoms with Gasteiger partial charge in [-0.1, -0.05) is 0 Å². The number of rotatable bonds is 3. The molecule has 0 aliphatic carbocycles. The first-order chi connectivity index (χ1) is 10.6. The molecule has 1 amide bonds. The molecule has 1 N–H and O–H groups in total. The molecule has 2 aliphatic heterocycles. The number of ether oxygens (including phenoxy) is 1. The number of hydrogen-bond acceptors (Lipinski definition) is 4. The molecular formula is C17H22N2O3. The SMILES string of the molecule is CCN1C(=O)C(C)Oc2ccc(C(=O)C3CCNCC3)cc21. The first-order valence-electron chi connectivity index (χ1n) is 7.98. The molecule has 0 aromatic heterocycles. The van der Waals surface area contributed by atoms with Gasteiger partial charge < -0.3 is 15.0 Å². The molecule has 118 valence electrons. The van der Waals surface area contributed by atoms with Crippen LogP contribution in [0, 0.1) is 5.92 Å². The molecule has 0 bridgehead atoms. The summed E-state index contributed by atoms with van der Waals surface area (Å²) in [5, 5.41) is 3.27. The second kappa shape index (κ2) is 6.08. The molecule has 2 heterocycles. The summed E-state index contributed by atoms with van der Waals surface area (Å²) >= 11 is 0. The molecule has 1 saturated heterocycles. The number of amides is 1. The van der Waals surface area contributed by atoms with Crippen molar-refractivity contribution < 1.29 is 14.3 Å². The van der Waals surface area contributed by atoms with E-state index in [1.165, 1.54) is 0 Å². The zero-order valence-electron chi connectivity index (χ0n) is 13.1. The third kappa shape index (κ3) is 2.61. The third-order valence-corrected chi connectivity index (χ3v) is 4.48. The van der Waals surface area contributed by atoms with Crippen molar-refractivity contribution >= 4 is 17.4 Å². The van der Waals surface area contributed by atoms with E-state index in [-0.39, 0.29) is 17.6 Å². The maximum Gasteiger partial charge on any atom is 0.267 e. The number of ketones is 1. The quantitative estimate of drug-likeness (QED) is 0.868. The summed E-state index contributed by atoms with van der Waals surface area (Å²) < 4.78 is 5.64. The lowest BCUT2D eigenvalue weighted by atomic mass is 9.89. The smallest absolute Gasteiger partial charge is 0.267 e. The van der Waals surface area contributed by atoms with Crippen molar-refractivity contribution in [3.63, 3.8) is 0 Å². The lowest BCUT2D eigenvalue weighted by Crippen LogP contribution is -2.44. The fraction of sp³-hybridized carbons (Fsp3) is 0.529. The number of piperidine rings is 1. The first-order valence-corrected chi connectivity index (χ1v) is 7.98. The average Bonchev–Trinajstić information content (AvgIpc) is 2.56. The summed E-state index contributed by atoms with van der Waals surface area (Å²) in [6.45, 7) is 6.04. The van der Waals surface area contributed by atoms with E-state index in [9.17, 15) is 9.59 Å². The first kappa shape index (κ1) is 15.0. The van der Waals surface area contributed by atoms with E-state index in [1.54, 1.807) is 11.8 Å². The average molecular weight is 302 g/mol. The van der Waals surface area contributed by atoms with Gasteiger partial charge in [0, 0.05) is 18.0 Å². The van der Waals surface area contributed by atoms with E-state index < -0.39 is 6.10 Å². The largest absolute Gasteiger partial charge is 0.479 e. The van der Waals surface area contributed by atoms with Gasteiger partial charge in [0.1, 0.15) is 5.75 Å². The predicted molar refractivity (Wildman–Crippen MR) is 84.5 cm³/mol. The minimum absolute atomic E-state index is 0.0542. The highest BCUT2D eigenvalue weighted by molar-refractivity contribution is 6.03. The molecule has 1 aromatic carbocycles. The van der Waals surface area contributed by atoms with Crippen molar-refractivity contribution in [2.45, 2.75) is 32.8 Å². The lowest BCUT2D eigenvalue weighted by Gasteiger charge is -2.32. The number of nitrogens with zero attached hydrogens (tertiary/aromatic N) is 1. The van der Waals surface area contributed by atoms with Crippen LogP contribution in [0.25, 0.3) is 0 Å². The van der Waals surface area contributed by atoms with Crippen LogP contribution in [0.4, 0.5) is 5.69 Å². The molecule has 3 rings (SSSR count). The van der Waals surface area contributed by atoms with Crippen molar-refractivity contribution in [3.8, 4) is 5.75 Å². The van der Waals surface area contributed by atoms with Crippen LogP contribution in [0.5, 0.6) is 5.75 Å². The minimum Gasteiger partial charge on any atom is -0.479 e. The van der Waals surface area contributed by atoms with Crippen LogP contribution in [-0.2, 0) is 4.79 Å². The van der Waals surface area contributed by atoms with E-state index in [2.05, 4.69) is 5.32 Å². The highest BCUT2D eigenvalue weighted by Crippen LogP contribution is 2.35. The number of Topliss-reactive ketones (excluding diaryl/α,β-unsaturated/α-hetero) is 1. The van der Waals surface area contributed by atoms with E-state index in [1.807, 2.05) is 25.1 Å². The van der Waals surface area contributed by atoms with E-state index in [0.29, 0.717) is 23.5 Å². The van der Waals surface area contributed by atoms with Crippen molar-refractivity contribution in [3.05, 3.63) is 23.8 Å². The van der Waals surface area contributed by atoms with Crippen LogP contribution in [0.2, 0.25) is 0 Å². The van der Waals surface area contributed by atoms with Gasteiger partial charge in [0.15, 0.2) is 11.9 Å². The van der Waals surface area contributed by atoms with Gasteiger partial charge in [0.2, 0.25) is 0 Å². The number of carbonyl (C=O) groups excluding carboxylic acids is 2. The fourth-order valence-corrected chi connectivity index (χ4v) is 3.21. The lowest BCUT2D eigenvalue weighted by molar-refractivity contribution is -0.125. The van der Waals surface area contributed by atoms with Crippen LogP contribution in [-0.4, -0.2) is 37.4 Å². The summed E-state index contributed by atoms with van der Waals surface area (Å²) in [5.41, 5.74) is 1.39. The Kier molecular flexibility index (Phi) is 4.16. The van der Waals surface area contributed by atoms with Gasteiger partial charge in [-0.25, -0.2) is 0 Å². The van der Waals surface area contributed by atoms with Crippen LogP contribution in [0.3, 0.4) is 0 Å². The Morgan fingerprint density at radius 1 is 1.36 bits per heavy atom. The summed E-state index contributed by atoms with van der Waals surface area (Å²) in [7, 11) is 0. The maximum absolute atomic E-state index is 12.7. The number of likely N-dealkylation sites (N-methyl/N-ethyl adjacent to an activating group) is 1. The van der Waals surface area contributed by atoms with Gasteiger partial charge in [-0.3, -0.25) is 9.59 Å². The normalized spacial score (nSPS) is 22.2. The maximum atomic E-state index is 12.7. The van der Waals surface area contributed by atoms with Crippen LogP contribution >= 0.6 is 0 Å². The summed E-state index contributed by atoms with van der Waals surface area (Å²) in [5.74, 6) is 0.872. The molecule has 1 fully saturated rings. The summed E-state index contributed by atoms with van der Waals surface area (Å²) in [4.78, 5) is 26.6. The molecule has 1 aromatic rings. The Morgan fingerprint density at radius 2 is 2.09 bits per heavy atom. The number of anilines is 1. The molecule has 1 unspecified atom stereocenters. The van der Waals surface area contributed by atoms with Crippen molar-refractivity contribution in [1.29, 1.82) is 0 Å². The number of hydrogen-bond donors (Lipinski definition) is 1. The molecule has 0 radical (unpaired) electrons. The zero-order chi connectivity index (χ0) is 15.7. The van der Waals surface area contributed by atoms with Crippen molar-refractivity contribution in [1.82, 2.24) is 5.32 Å². The van der Waals surface area contributed by atoms with Gasteiger partial charge in [0.25, 0.3) is 5.91 Å². The van der Waals surface area contributed by atoms with Gasteiger partial charge >= 0.3 is 0 Å². The van der Waals surface area contributed by atoms with Gasteiger partial charge in [-0.15, -0.1) is 0 Å². The van der Waals surface area contributed by atoms with E-state index >= 15 is 0 Å². The molecule has 2 aliphatic rings. The standard InChI is InChI=1S/C17H22N2O3/c1-3-19-14-10-13(16(20)12-6-8-18-9-7-12)4-5-15(14)22-11(2)17(19)21/h4-5,10-12,18H,3,6-9H2,1-2H3. The molecular weight excluding hydrogens is 280 g/mol. The third-order valence-electron chi connectivity index (χ3n) is 4.48. The number of benzene rings is 1. The topological polar surface area (TPSA) is 58.6 Å². The second-order valence-electron chi connectivity index (χ2n) is 5.91. The van der Waals surface area contributed by atoms with Gasteiger partial charge in [-0.2, -0.15) is 0 Å². The van der Waals surface area contributed by atoms with E-state index in [0.717, 1.165) is 25.9 Å². The Balaban J connectivity index is 1.91. The number of nitrogens with one attached hydrogen (secondary N) is 1. The monoisotopic (exact) mass is 302 g/mol. The number of fused-ring (bicyclic) bond motifs is 1. The second-order valence-corrected chi connectivity index (χ2v) is 5.91. The highest BCUT2D eigenvalue weighted by atomic mass is 16.5. The Morgan fingerprint density at radius 3 is 2.77 bits per heavy atom. The van der Waals surface area contributed by atoms with Crippen molar-refractivity contribution in [2.75, 3.05) is 24.5 Å². The Bertz CT molecular complexity index is 594. The minimum atomic E-state index is -0.474. The highest BCUT2D eigenvalue weighted by Gasteiger charge is 2.31.